The number of ether oxygens (including phenoxy) is 2. The lowest BCUT2D eigenvalue weighted by Crippen LogP contribution is -2.34. The Morgan fingerprint density at radius 3 is 2.79 bits per heavy atom. The highest BCUT2D eigenvalue weighted by molar-refractivity contribution is 5.65. The molecule has 29 heavy (non-hydrogen) atoms. The van der Waals surface area contributed by atoms with Crippen LogP contribution in [0, 0.1) is 5.82 Å². The molecule has 1 saturated heterocycles. The third kappa shape index (κ3) is 4.27. The minimum absolute atomic E-state index is 0.228. The Balaban J connectivity index is 1.51. The maximum absolute atomic E-state index is 13.7. The number of nitrogens with zero attached hydrogens (tertiary/aromatic N) is 2. The largest absolute Gasteiger partial charge is 0.493 e. The Labute approximate surface area is 170 Å². The van der Waals surface area contributed by atoms with E-state index in [1.807, 2.05) is 18.2 Å². The van der Waals surface area contributed by atoms with Gasteiger partial charge in [0.25, 0.3) is 0 Å². The number of methoxy groups -OCH3 is 2. The molecule has 1 atom stereocenters. The molecule has 1 fully saturated rings. The molecule has 0 radical (unpaired) electrons. The number of hydrogen-bond donors (Lipinski definition) is 1. The summed E-state index contributed by atoms with van der Waals surface area (Å²) in [5.74, 6) is 1.60. The number of nitrogens with one attached hydrogen (secondary N) is 1. The quantitative estimate of drug-likeness (QED) is 0.662. The molecule has 0 aliphatic carbocycles. The maximum Gasteiger partial charge on any atom is 0.161 e. The van der Waals surface area contributed by atoms with E-state index < -0.39 is 0 Å². The van der Waals surface area contributed by atoms with Gasteiger partial charge in [0.1, 0.15) is 5.82 Å². The first-order valence-electron chi connectivity index (χ1n) is 9.90. The molecular weight excluding hydrogens is 369 g/mol. The number of H-pyrrole nitrogens is 1. The number of benzene rings is 2. The van der Waals surface area contributed by atoms with Crippen molar-refractivity contribution in [3.05, 3.63) is 65.7 Å². The molecular formula is C23H26FN3O2. The number of likely N-dealkylation sites (tertiary alicyclic amines) is 1. The van der Waals surface area contributed by atoms with Crippen LogP contribution in [0.1, 0.15) is 30.0 Å². The van der Waals surface area contributed by atoms with Gasteiger partial charge in [0.2, 0.25) is 0 Å². The second-order valence-electron chi connectivity index (χ2n) is 7.47. The van der Waals surface area contributed by atoms with Crippen molar-refractivity contribution in [3.8, 4) is 22.6 Å². The van der Waals surface area contributed by atoms with Gasteiger partial charge >= 0.3 is 0 Å². The van der Waals surface area contributed by atoms with Crippen molar-refractivity contribution in [3.63, 3.8) is 0 Å². The van der Waals surface area contributed by atoms with Gasteiger partial charge < -0.3 is 9.47 Å². The summed E-state index contributed by atoms with van der Waals surface area (Å²) in [7, 11) is 3.30. The molecule has 4 rings (SSSR count). The Morgan fingerprint density at radius 1 is 1.14 bits per heavy atom. The lowest BCUT2D eigenvalue weighted by Gasteiger charge is -2.32. The molecule has 0 saturated carbocycles. The second kappa shape index (κ2) is 8.66. The van der Waals surface area contributed by atoms with Crippen molar-refractivity contribution in [2.24, 2.45) is 0 Å². The lowest BCUT2D eigenvalue weighted by atomic mass is 9.90. The van der Waals surface area contributed by atoms with E-state index in [4.69, 9.17) is 9.47 Å². The number of aromatic nitrogens is 2. The van der Waals surface area contributed by atoms with Gasteiger partial charge in [0, 0.05) is 30.3 Å². The van der Waals surface area contributed by atoms with Crippen LogP contribution in [0.25, 0.3) is 11.1 Å². The summed E-state index contributed by atoms with van der Waals surface area (Å²) >= 11 is 0. The number of rotatable bonds is 6. The van der Waals surface area contributed by atoms with E-state index in [2.05, 4.69) is 21.2 Å². The average Bonchev–Trinajstić information content (AvgIpc) is 3.24. The molecule has 3 aromatic rings. The van der Waals surface area contributed by atoms with Crippen molar-refractivity contribution in [2.45, 2.75) is 25.3 Å². The molecule has 1 N–H and O–H groups in total. The van der Waals surface area contributed by atoms with Gasteiger partial charge in [0.05, 0.1) is 20.4 Å². The Bertz CT molecular complexity index is 972. The fraction of sp³-hybridized carbons (Fsp3) is 0.348. The zero-order chi connectivity index (χ0) is 20.2. The van der Waals surface area contributed by atoms with Crippen molar-refractivity contribution >= 4 is 0 Å². The summed E-state index contributed by atoms with van der Waals surface area (Å²) in [6.45, 7) is 2.83. The van der Waals surface area contributed by atoms with Gasteiger partial charge in [-0.2, -0.15) is 5.10 Å². The van der Waals surface area contributed by atoms with Crippen LogP contribution in [0.15, 0.2) is 48.7 Å². The molecule has 0 bridgehead atoms. The zero-order valence-electron chi connectivity index (χ0n) is 16.8. The normalized spacial score (nSPS) is 17.3. The third-order valence-electron chi connectivity index (χ3n) is 5.57. The topological polar surface area (TPSA) is 50.4 Å². The van der Waals surface area contributed by atoms with Gasteiger partial charge in [-0.15, -0.1) is 0 Å². The predicted molar refractivity (Wildman–Crippen MR) is 111 cm³/mol. The van der Waals surface area contributed by atoms with Crippen LogP contribution in [0.5, 0.6) is 11.5 Å². The summed E-state index contributed by atoms with van der Waals surface area (Å²) in [4.78, 5) is 2.45. The molecule has 0 unspecified atom stereocenters. The van der Waals surface area contributed by atoms with Crippen molar-refractivity contribution in [1.29, 1.82) is 0 Å². The molecule has 1 aliphatic heterocycles. The van der Waals surface area contributed by atoms with Crippen molar-refractivity contribution < 1.29 is 13.9 Å². The Morgan fingerprint density at radius 2 is 2.00 bits per heavy atom. The fourth-order valence-electron chi connectivity index (χ4n) is 4.17. The van der Waals surface area contributed by atoms with Crippen LogP contribution in [0.3, 0.4) is 0 Å². The SMILES string of the molecule is COc1ccc(CN2CCC[C@H](c3[nH]ncc3-c3cccc(F)c3)C2)cc1OC. The summed E-state index contributed by atoms with van der Waals surface area (Å²) in [5.41, 5.74) is 4.14. The van der Waals surface area contributed by atoms with Crippen LogP contribution >= 0.6 is 0 Å². The molecule has 2 aromatic carbocycles. The molecule has 2 heterocycles. The summed E-state index contributed by atoms with van der Waals surface area (Å²) in [6, 6.07) is 12.8. The molecule has 0 spiro atoms. The monoisotopic (exact) mass is 395 g/mol. The smallest absolute Gasteiger partial charge is 0.161 e. The van der Waals surface area contributed by atoms with E-state index >= 15 is 0 Å². The van der Waals surface area contributed by atoms with Crippen LogP contribution in [-0.2, 0) is 6.54 Å². The highest BCUT2D eigenvalue weighted by atomic mass is 19.1. The van der Waals surface area contributed by atoms with Crippen molar-refractivity contribution in [2.75, 3.05) is 27.3 Å². The van der Waals surface area contributed by atoms with E-state index in [-0.39, 0.29) is 5.82 Å². The first kappa shape index (κ1) is 19.5. The van der Waals surface area contributed by atoms with Crippen molar-refractivity contribution in [1.82, 2.24) is 15.1 Å². The van der Waals surface area contributed by atoms with E-state index in [0.717, 1.165) is 60.8 Å². The average molecular weight is 395 g/mol. The summed E-state index contributed by atoms with van der Waals surface area (Å²) < 4.78 is 24.5. The highest BCUT2D eigenvalue weighted by Crippen LogP contribution is 2.34. The molecule has 5 nitrogen and oxygen atoms in total. The van der Waals surface area contributed by atoms with Gasteiger partial charge in [-0.3, -0.25) is 10.00 Å². The highest BCUT2D eigenvalue weighted by Gasteiger charge is 2.25. The zero-order valence-corrected chi connectivity index (χ0v) is 16.8. The van der Waals surface area contributed by atoms with Gasteiger partial charge in [0.15, 0.2) is 11.5 Å². The summed E-state index contributed by atoms with van der Waals surface area (Å²) in [5, 5.41) is 7.43. The van der Waals surface area contributed by atoms with Crippen LogP contribution in [0.4, 0.5) is 4.39 Å². The van der Waals surface area contributed by atoms with Gasteiger partial charge in [-0.05, 0) is 54.8 Å². The van der Waals surface area contributed by atoms with Crippen LogP contribution in [0.2, 0.25) is 0 Å². The maximum atomic E-state index is 13.7. The second-order valence-corrected chi connectivity index (χ2v) is 7.47. The minimum Gasteiger partial charge on any atom is -0.493 e. The first-order chi connectivity index (χ1) is 14.2. The van der Waals surface area contributed by atoms with E-state index in [1.165, 1.54) is 11.6 Å². The predicted octanol–water partition coefficient (Wildman–Crippen LogP) is 4.61. The molecule has 152 valence electrons. The van der Waals surface area contributed by atoms with E-state index in [9.17, 15) is 4.39 Å². The fourth-order valence-corrected chi connectivity index (χ4v) is 4.17. The molecule has 1 aromatic heterocycles. The summed E-state index contributed by atoms with van der Waals surface area (Å²) in [6.07, 6.45) is 4.00. The third-order valence-corrected chi connectivity index (χ3v) is 5.57. The van der Waals surface area contributed by atoms with E-state index in [0.29, 0.717) is 5.92 Å². The Hall–Kier alpha value is -2.86. The number of aromatic amines is 1. The van der Waals surface area contributed by atoms with Gasteiger partial charge in [-0.25, -0.2) is 4.39 Å². The minimum atomic E-state index is -0.228. The first-order valence-corrected chi connectivity index (χ1v) is 9.90. The molecule has 0 amide bonds. The standard InChI is InChI=1S/C23H26FN3O2/c1-28-21-9-8-16(11-22(21)29-2)14-27-10-4-6-18(15-27)23-20(13-25-26-23)17-5-3-7-19(24)12-17/h3,5,7-9,11-13,18H,4,6,10,14-15H2,1-2H3,(H,25,26)/t18-/m0/s1. The molecule has 1 aliphatic rings. The van der Waals surface area contributed by atoms with Crippen LogP contribution in [-0.4, -0.2) is 42.4 Å². The van der Waals surface area contributed by atoms with Crippen LogP contribution < -0.4 is 9.47 Å². The van der Waals surface area contributed by atoms with Gasteiger partial charge in [-0.1, -0.05) is 18.2 Å². The Kier molecular flexibility index (Phi) is 5.81. The number of hydrogen-bond acceptors (Lipinski definition) is 4. The number of halogens is 1. The van der Waals surface area contributed by atoms with E-state index in [1.54, 1.807) is 32.5 Å². The molecule has 6 heteroatoms. The number of piperidine rings is 1. The lowest BCUT2D eigenvalue weighted by molar-refractivity contribution is 0.198.